The molecule has 1 saturated heterocycles. The predicted molar refractivity (Wildman–Crippen MR) is 108 cm³/mol. The maximum atomic E-state index is 13.8. The van der Waals surface area contributed by atoms with Gasteiger partial charge in [-0.15, -0.1) is 0 Å². The first kappa shape index (κ1) is 22.7. The Morgan fingerprint density at radius 3 is 2.71 bits per heavy atom. The van der Waals surface area contributed by atoms with Gasteiger partial charge in [-0.2, -0.15) is 5.06 Å². The van der Waals surface area contributed by atoms with Crippen LogP contribution < -0.4 is 5.09 Å². The first-order valence-corrected chi connectivity index (χ1v) is 11.2. The SMILES string of the molecule is CC(=O)ON1CCCC(P(=O)(NCc2ccccc2)OCc2ccc([N+](=O)[O-])o2)C1=O. The zero-order valence-electron chi connectivity index (χ0n) is 16.8. The number of nitrogens with one attached hydrogen (secondary N) is 1. The Hall–Kier alpha value is -3.01. The van der Waals surface area contributed by atoms with E-state index < -0.39 is 35.9 Å². The van der Waals surface area contributed by atoms with E-state index in [2.05, 4.69) is 5.09 Å². The molecule has 2 heterocycles. The van der Waals surface area contributed by atoms with E-state index >= 15 is 0 Å². The van der Waals surface area contributed by atoms with E-state index in [1.807, 2.05) is 30.3 Å². The number of rotatable bonds is 9. The lowest BCUT2D eigenvalue weighted by atomic mass is 10.1. The molecule has 1 N–H and O–H groups in total. The van der Waals surface area contributed by atoms with Crippen molar-refractivity contribution in [3.05, 3.63) is 63.9 Å². The van der Waals surface area contributed by atoms with Crippen LogP contribution in [0.2, 0.25) is 0 Å². The van der Waals surface area contributed by atoms with Crippen molar-refractivity contribution in [1.29, 1.82) is 0 Å². The van der Waals surface area contributed by atoms with Crippen molar-refractivity contribution in [2.45, 2.75) is 38.6 Å². The Kier molecular flexibility index (Phi) is 7.21. The summed E-state index contributed by atoms with van der Waals surface area (Å²) in [5, 5.41) is 14.6. The number of carbonyl (C=O) groups is 2. The Morgan fingerprint density at radius 1 is 1.32 bits per heavy atom. The van der Waals surface area contributed by atoms with Crippen LogP contribution in [0.3, 0.4) is 0 Å². The second-order valence-corrected chi connectivity index (χ2v) is 9.26. The second-order valence-electron chi connectivity index (χ2n) is 6.87. The standard InChI is InChI=1S/C19H22N3O8P/c1-14(23)30-21-11-5-8-17(19(21)24)31(27,20-12-15-6-3-2-4-7-15)28-13-16-9-10-18(29-16)22(25)26/h2-4,6-7,9-10,17H,5,8,11-13H2,1H3,(H,20,27). The average Bonchev–Trinajstić information content (AvgIpc) is 3.22. The molecule has 0 spiro atoms. The number of nitrogens with zero attached hydrogens (tertiary/aromatic N) is 2. The zero-order chi connectivity index (χ0) is 22.4. The Balaban J connectivity index is 1.80. The summed E-state index contributed by atoms with van der Waals surface area (Å²) in [4.78, 5) is 39.2. The molecule has 2 aromatic rings. The van der Waals surface area contributed by atoms with Crippen molar-refractivity contribution in [2.75, 3.05) is 6.54 Å². The summed E-state index contributed by atoms with van der Waals surface area (Å²) in [6, 6.07) is 11.6. The third-order valence-electron chi connectivity index (χ3n) is 4.59. The van der Waals surface area contributed by atoms with E-state index in [1.165, 1.54) is 13.0 Å². The molecule has 166 valence electrons. The smallest absolute Gasteiger partial charge is 0.403 e. The Bertz CT molecular complexity index is 993. The zero-order valence-corrected chi connectivity index (χ0v) is 17.7. The van der Waals surface area contributed by atoms with Crippen molar-refractivity contribution in [3.63, 3.8) is 0 Å². The van der Waals surface area contributed by atoms with Crippen LogP contribution >= 0.6 is 7.52 Å². The highest BCUT2D eigenvalue weighted by Gasteiger charge is 2.45. The number of amides is 1. The molecule has 12 heteroatoms. The van der Waals surface area contributed by atoms with E-state index in [4.69, 9.17) is 13.8 Å². The van der Waals surface area contributed by atoms with Gasteiger partial charge in [-0.1, -0.05) is 30.3 Å². The van der Waals surface area contributed by atoms with Crippen molar-refractivity contribution in [1.82, 2.24) is 10.2 Å². The minimum atomic E-state index is -3.84. The van der Waals surface area contributed by atoms with Gasteiger partial charge in [0.2, 0.25) is 0 Å². The van der Waals surface area contributed by atoms with Gasteiger partial charge in [-0.3, -0.25) is 24.3 Å². The quantitative estimate of drug-likeness (QED) is 0.346. The van der Waals surface area contributed by atoms with E-state index in [1.54, 1.807) is 0 Å². The second kappa shape index (κ2) is 9.86. The van der Waals surface area contributed by atoms with Crippen LogP contribution in [0.15, 0.2) is 46.9 Å². The van der Waals surface area contributed by atoms with E-state index in [0.29, 0.717) is 6.42 Å². The molecule has 1 aliphatic heterocycles. The van der Waals surface area contributed by atoms with Crippen molar-refractivity contribution in [2.24, 2.45) is 0 Å². The van der Waals surface area contributed by atoms with Crippen molar-refractivity contribution in [3.8, 4) is 0 Å². The van der Waals surface area contributed by atoms with Crippen LogP contribution in [0.4, 0.5) is 5.88 Å². The molecule has 1 amide bonds. The number of piperidine rings is 1. The highest BCUT2D eigenvalue weighted by molar-refractivity contribution is 7.58. The van der Waals surface area contributed by atoms with Crippen molar-refractivity contribution >= 4 is 25.3 Å². The molecule has 0 bridgehead atoms. The lowest BCUT2D eigenvalue weighted by Crippen LogP contribution is -2.46. The molecule has 0 radical (unpaired) electrons. The fourth-order valence-electron chi connectivity index (χ4n) is 3.13. The number of furan rings is 1. The van der Waals surface area contributed by atoms with Gasteiger partial charge >= 0.3 is 11.9 Å². The maximum Gasteiger partial charge on any atom is 0.433 e. The number of hydrogen-bond donors (Lipinski definition) is 1. The van der Waals surface area contributed by atoms with Gasteiger partial charge in [0.1, 0.15) is 22.9 Å². The molecule has 2 unspecified atom stereocenters. The first-order valence-electron chi connectivity index (χ1n) is 9.55. The minimum absolute atomic E-state index is 0.0912. The summed E-state index contributed by atoms with van der Waals surface area (Å²) >= 11 is 0. The molecule has 0 saturated carbocycles. The molecular formula is C19H22N3O8P. The van der Waals surface area contributed by atoms with Gasteiger partial charge < -0.3 is 13.8 Å². The summed E-state index contributed by atoms with van der Waals surface area (Å²) in [6.45, 7) is 1.18. The van der Waals surface area contributed by atoms with Gasteiger partial charge in [0.05, 0.1) is 12.6 Å². The normalized spacial score (nSPS) is 18.4. The molecule has 11 nitrogen and oxygen atoms in total. The Morgan fingerprint density at radius 2 is 2.06 bits per heavy atom. The van der Waals surface area contributed by atoms with Gasteiger partial charge in [0.15, 0.2) is 0 Å². The molecule has 1 aromatic heterocycles. The number of benzene rings is 1. The Labute approximate surface area is 177 Å². The third-order valence-corrected chi connectivity index (χ3v) is 7.00. The van der Waals surface area contributed by atoms with Crippen LogP contribution in [0.1, 0.15) is 31.1 Å². The highest BCUT2D eigenvalue weighted by Crippen LogP contribution is 2.52. The highest BCUT2D eigenvalue weighted by atomic mass is 31.2. The molecule has 0 aliphatic carbocycles. The average molecular weight is 451 g/mol. The lowest BCUT2D eigenvalue weighted by molar-refractivity contribution is -0.402. The summed E-state index contributed by atoms with van der Waals surface area (Å²) in [5.74, 6) is -1.67. The van der Waals surface area contributed by atoms with Crippen LogP contribution in [-0.4, -0.2) is 34.1 Å². The molecule has 2 atom stereocenters. The van der Waals surface area contributed by atoms with E-state index in [-0.39, 0.29) is 31.9 Å². The number of nitro groups is 1. The molecule has 3 rings (SSSR count). The summed E-state index contributed by atoms with van der Waals surface area (Å²) in [5.41, 5.74) is -0.269. The van der Waals surface area contributed by atoms with Crippen LogP contribution in [-0.2, 0) is 36.7 Å². The van der Waals surface area contributed by atoms with Gasteiger partial charge in [-0.25, -0.2) is 5.09 Å². The predicted octanol–water partition coefficient (Wildman–Crippen LogP) is 3.16. The van der Waals surface area contributed by atoms with Gasteiger partial charge in [-0.05, 0) is 24.5 Å². The molecule has 31 heavy (non-hydrogen) atoms. The van der Waals surface area contributed by atoms with Crippen LogP contribution in [0.5, 0.6) is 0 Å². The van der Waals surface area contributed by atoms with E-state index in [0.717, 1.165) is 16.7 Å². The maximum absolute atomic E-state index is 13.8. The lowest BCUT2D eigenvalue weighted by Gasteiger charge is -2.34. The fourth-order valence-corrected chi connectivity index (χ4v) is 5.29. The summed E-state index contributed by atoms with van der Waals surface area (Å²) in [6.07, 6.45) is 0.713. The van der Waals surface area contributed by atoms with Crippen LogP contribution in [0.25, 0.3) is 0 Å². The molecule has 1 fully saturated rings. The summed E-state index contributed by atoms with van der Waals surface area (Å²) < 4.78 is 24.5. The van der Waals surface area contributed by atoms with Gasteiger partial charge in [0.25, 0.3) is 13.4 Å². The van der Waals surface area contributed by atoms with Gasteiger partial charge in [0, 0.05) is 13.5 Å². The minimum Gasteiger partial charge on any atom is -0.403 e. The molecule has 1 aliphatic rings. The third kappa shape index (κ3) is 5.78. The topological polar surface area (TPSA) is 141 Å². The number of hydrogen-bond acceptors (Lipinski definition) is 8. The fraction of sp³-hybridized carbons (Fsp3) is 0.368. The summed E-state index contributed by atoms with van der Waals surface area (Å²) in [7, 11) is -3.84. The number of hydroxylamine groups is 2. The number of carbonyl (C=O) groups excluding carboxylic acids is 2. The first-order chi connectivity index (χ1) is 14.8. The largest absolute Gasteiger partial charge is 0.433 e. The van der Waals surface area contributed by atoms with Crippen molar-refractivity contribution < 1.29 is 32.9 Å². The molecule has 1 aromatic carbocycles. The van der Waals surface area contributed by atoms with Crippen LogP contribution in [0, 0.1) is 10.1 Å². The molecular weight excluding hydrogens is 429 g/mol. The van der Waals surface area contributed by atoms with E-state index in [9.17, 15) is 24.3 Å². The monoisotopic (exact) mass is 451 g/mol.